The third-order valence-corrected chi connectivity index (χ3v) is 5.23. The van der Waals surface area contributed by atoms with Crippen molar-refractivity contribution in [1.29, 1.82) is 0 Å². The van der Waals surface area contributed by atoms with Crippen molar-refractivity contribution in [2.24, 2.45) is 0 Å². The fourth-order valence-corrected chi connectivity index (χ4v) is 4.00. The normalized spacial score (nSPS) is 22.0. The topological polar surface area (TPSA) is 49.3 Å². The molecule has 0 radical (unpaired) electrons. The van der Waals surface area contributed by atoms with Crippen molar-refractivity contribution >= 4 is 11.8 Å². The van der Waals surface area contributed by atoms with E-state index in [9.17, 15) is 4.79 Å². The molecule has 0 spiro atoms. The molecule has 0 N–H and O–H groups in total. The SMILES string of the molecule is CCN1C(=O)N(c2ccc(C#Cc3cccnc3)cn2)[C@@H]2CCCC[C@@H]21. The van der Waals surface area contributed by atoms with Crippen molar-refractivity contribution in [2.75, 3.05) is 11.4 Å². The van der Waals surface area contributed by atoms with Crippen LogP contribution in [0.15, 0.2) is 42.9 Å². The lowest BCUT2D eigenvalue weighted by Crippen LogP contribution is -2.40. The quantitative estimate of drug-likeness (QED) is 0.783. The number of pyridine rings is 2. The number of fused-ring (bicyclic) bond motifs is 1. The Kier molecular flexibility index (Phi) is 4.57. The number of aromatic nitrogens is 2. The zero-order chi connectivity index (χ0) is 17.9. The van der Waals surface area contributed by atoms with Crippen LogP contribution >= 0.6 is 0 Å². The number of anilines is 1. The standard InChI is InChI=1S/C21H22N4O/c1-2-24-18-7-3-4-8-19(18)25(21(24)26)20-12-11-17(15-23-20)10-9-16-6-5-13-22-14-16/h5-6,11-15,18-19H,2-4,7-8H2,1H3/t18-,19+/m0/s1. The number of urea groups is 1. The fourth-order valence-electron chi connectivity index (χ4n) is 4.00. The zero-order valence-corrected chi connectivity index (χ0v) is 14.9. The smallest absolute Gasteiger partial charge is 0.320 e. The Morgan fingerprint density at radius 2 is 1.85 bits per heavy atom. The maximum atomic E-state index is 12.9. The van der Waals surface area contributed by atoms with Gasteiger partial charge >= 0.3 is 6.03 Å². The number of carbonyl (C=O) groups excluding carboxylic acids is 1. The van der Waals surface area contributed by atoms with Crippen LogP contribution in [0.5, 0.6) is 0 Å². The first kappa shape index (κ1) is 16.6. The Balaban J connectivity index is 1.57. The van der Waals surface area contributed by atoms with E-state index in [0.29, 0.717) is 6.04 Å². The summed E-state index contributed by atoms with van der Waals surface area (Å²) in [5, 5.41) is 0. The van der Waals surface area contributed by atoms with Crippen molar-refractivity contribution in [3.63, 3.8) is 0 Å². The minimum atomic E-state index is 0.0890. The van der Waals surface area contributed by atoms with Crippen LogP contribution in [0.3, 0.4) is 0 Å². The van der Waals surface area contributed by atoms with E-state index in [1.54, 1.807) is 18.6 Å². The Hall–Kier alpha value is -2.87. The van der Waals surface area contributed by atoms with Crippen LogP contribution in [0.25, 0.3) is 0 Å². The Morgan fingerprint density at radius 3 is 2.50 bits per heavy atom. The van der Waals surface area contributed by atoms with Crippen LogP contribution in [0, 0.1) is 11.8 Å². The lowest BCUT2D eigenvalue weighted by molar-refractivity contribution is 0.195. The number of nitrogens with zero attached hydrogens (tertiary/aromatic N) is 4. The molecule has 1 aliphatic carbocycles. The molecule has 2 aromatic rings. The number of amides is 2. The van der Waals surface area contributed by atoms with E-state index in [1.807, 2.05) is 34.1 Å². The van der Waals surface area contributed by atoms with Gasteiger partial charge in [-0.2, -0.15) is 0 Å². The Bertz CT molecular complexity index is 838. The number of hydrogen-bond acceptors (Lipinski definition) is 3. The third kappa shape index (κ3) is 3.03. The van der Waals surface area contributed by atoms with Crippen LogP contribution in [0.4, 0.5) is 10.6 Å². The van der Waals surface area contributed by atoms with Gasteiger partial charge in [-0.3, -0.25) is 9.88 Å². The molecule has 5 nitrogen and oxygen atoms in total. The molecule has 0 unspecified atom stereocenters. The summed E-state index contributed by atoms with van der Waals surface area (Å²) < 4.78 is 0. The molecule has 1 saturated carbocycles. The van der Waals surface area contributed by atoms with E-state index < -0.39 is 0 Å². The second-order valence-electron chi connectivity index (χ2n) is 6.75. The molecule has 3 heterocycles. The number of rotatable bonds is 2. The summed E-state index contributed by atoms with van der Waals surface area (Å²) in [6.07, 6.45) is 9.74. The molecule has 132 valence electrons. The minimum absolute atomic E-state index is 0.0890. The summed E-state index contributed by atoms with van der Waals surface area (Å²) in [5.74, 6) is 6.91. The van der Waals surface area contributed by atoms with Gasteiger partial charge in [-0.05, 0) is 44.0 Å². The molecule has 1 saturated heterocycles. The predicted octanol–water partition coefficient (Wildman–Crippen LogP) is 3.45. The molecular weight excluding hydrogens is 324 g/mol. The van der Waals surface area contributed by atoms with Crippen molar-refractivity contribution in [2.45, 2.75) is 44.7 Å². The van der Waals surface area contributed by atoms with Gasteiger partial charge in [0.05, 0.1) is 12.1 Å². The summed E-state index contributed by atoms with van der Waals surface area (Å²) in [5.41, 5.74) is 1.70. The predicted molar refractivity (Wildman–Crippen MR) is 101 cm³/mol. The van der Waals surface area contributed by atoms with E-state index in [0.717, 1.165) is 36.3 Å². The summed E-state index contributed by atoms with van der Waals surface area (Å²) in [6.45, 7) is 2.81. The van der Waals surface area contributed by atoms with Crippen LogP contribution in [0.2, 0.25) is 0 Å². The molecule has 2 aromatic heterocycles. The van der Waals surface area contributed by atoms with Crippen LogP contribution in [-0.4, -0.2) is 39.5 Å². The lowest BCUT2D eigenvalue weighted by Gasteiger charge is -2.31. The molecule has 5 heteroatoms. The molecule has 0 aromatic carbocycles. The van der Waals surface area contributed by atoms with E-state index in [1.165, 1.54) is 12.8 Å². The van der Waals surface area contributed by atoms with Gasteiger partial charge in [-0.1, -0.05) is 24.7 Å². The highest BCUT2D eigenvalue weighted by atomic mass is 16.2. The molecular formula is C21H22N4O. The first-order valence-corrected chi connectivity index (χ1v) is 9.26. The van der Waals surface area contributed by atoms with Gasteiger partial charge in [-0.15, -0.1) is 0 Å². The third-order valence-electron chi connectivity index (χ3n) is 5.23. The van der Waals surface area contributed by atoms with Crippen molar-refractivity contribution in [3.05, 3.63) is 54.0 Å². The van der Waals surface area contributed by atoms with Gasteiger partial charge < -0.3 is 4.90 Å². The molecule has 2 fully saturated rings. The molecule has 2 atom stereocenters. The first-order chi connectivity index (χ1) is 12.8. The summed E-state index contributed by atoms with van der Waals surface area (Å²) >= 11 is 0. The summed E-state index contributed by atoms with van der Waals surface area (Å²) in [7, 11) is 0. The lowest BCUT2D eigenvalue weighted by atomic mass is 9.90. The summed E-state index contributed by atoms with van der Waals surface area (Å²) in [6, 6.07) is 8.30. The molecule has 1 aliphatic heterocycles. The van der Waals surface area contributed by atoms with Gasteiger partial charge in [0, 0.05) is 36.3 Å². The van der Waals surface area contributed by atoms with E-state index in [-0.39, 0.29) is 12.1 Å². The summed E-state index contributed by atoms with van der Waals surface area (Å²) in [4.78, 5) is 25.4. The van der Waals surface area contributed by atoms with Crippen LogP contribution in [0.1, 0.15) is 43.7 Å². The number of carbonyl (C=O) groups is 1. The van der Waals surface area contributed by atoms with Crippen LogP contribution < -0.4 is 4.90 Å². The maximum absolute atomic E-state index is 12.9. The average molecular weight is 346 g/mol. The second kappa shape index (κ2) is 7.17. The van der Waals surface area contributed by atoms with Gasteiger partial charge in [0.25, 0.3) is 0 Å². The van der Waals surface area contributed by atoms with Gasteiger partial charge in [0.1, 0.15) is 5.82 Å². The van der Waals surface area contributed by atoms with Gasteiger partial charge in [0.2, 0.25) is 0 Å². The minimum Gasteiger partial charge on any atom is -0.320 e. The second-order valence-corrected chi connectivity index (χ2v) is 6.75. The zero-order valence-electron chi connectivity index (χ0n) is 14.9. The Labute approximate surface area is 154 Å². The van der Waals surface area contributed by atoms with Crippen molar-refractivity contribution < 1.29 is 4.79 Å². The molecule has 0 bridgehead atoms. The van der Waals surface area contributed by atoms with Crippen LogP contribution in [-0.2, 0) is 0 Å². The highest BCUT2D eigenvalue weighted by Crippen LogP contribution is 2.36. The molecule has 2 aliphatic rings. The van der Waals surface area contributed by atoms with Gasteiger partial charge in [-0.25, -0.2) is 9.78 Å². The molecule has 26 heavy (non-hydrogen) atoms. The van der Waals surface area contributed by atoms with E-state index in [2.05, 4.69) is 28.7 Å². The fraction of sp³-hybridized carbons (Fsp3) is 0.381. The highest BCUT2D eigenvalue weighted by molar-refractivity contribution is 5.94. The number of hydrogen-bond donors (Lipinski definition) is 0. The van der Waals surface area contributed by atoms with E-state index in [4.69, 9.17) is 0 Å². The largest absolute Gasteiger partial charge is 0.326 e. The van der Waals surface area contributed by atoms with Crippen molar-refractivity contribution in [3.8, 4) is 11.8 Å². The number of likely N-dealkylation sites (N-methyl/N-ethyl adjacent to an activating group) is 1. The first-order valence-electron chi connectivity index (χ1n) is 9.26. The van der Waals surface area contributed by atoms with Crippen molar-refractivity contribution in [1.82, 2.24) is 14.9 Å². The molecule has 2 amide bonds. The van der Waals surface area contributed by atoms with E-state index >= 15 is 0 Å². The maximum Gasteiger partial charge on any atom is 0.326 e. The Morgan fingerprint density at radius 1 is 1.08 bits per heavy atom. The molecule has 4 rings (SSSR count). The average Bonchev–Trinajstić information content (AvgIpc) is 2.99. The highest BCUT2D eigenvalue weighted by Gasteiger charge is 2.46. The van der Waals surface area contributed by atoms with Gasteiger partial charge in [0.15, 0.2) is 0 Å². The monoisotopic (exact) mass is 346 g/mol.